The van der Waals surface area contributed by atoms with Gasteiger partial charge >= 0.3 is 0 Å². The maximum atomic E-state index is 13.4. The van der Waals surface area contributed by atoms with Gasteiger partial charge in [0.05, 0.1) is 0 Å². The summed E-state index contributed by atoms with van der Waals surface area (Å²) in [4.78, 5) is 2.14. The Labute approximate surface area is 88.0 Å². The lowest BCUT2D eigenvalue weighted by atomic mass is 9.99. The van der Waals surface area contributed by atoms with Gasteiger partial charge in [-0.05, 0) is 37.2 Å². The van der Waals surface area contributed by atoms with Crippen LogP contribution in [0.15, 0.2) is 24.3 Å². The van der Waals surface area contributed by atoms with Crippen molar-refractivity contribution in [1.29, 1.82) is 0 Å². The summed E-state index contributed by atoms with van der Waals surface area (Å²) in [7, 11) is 2.01. The molecule has 0 aromatic heterocycles. The van der Waals surface area contributed by atoms with Gasteiger partial charge in [0.2, 0.25) is 0 Å². The van der Waals surface area contributed by atoms with Crippen molar-refractivity contribution >= 4 is 5.57 Å². The van der Waals surface area contributed by atoms with E-state index >= 15 is 0 Å². The van der Waals surface area contributed by atoms with Crippen molar-refractivity contribution in [3.8, 4) is 0 Å². The Morgan fingerprint density at radius 2 is 2.07 bits per heavy atom. The number of nitrogens with zero attached hydrogens (tertiary/aromatic N) is 1. The number of halogens is 2. The van der Waals surface area contributed by atoms with Crippen molar-refractivity contribution < 1.29 is 8.78 Å². The van der Waals surface area contributed by atoms with E-state index in [9.17, 15) is 8.78 Å². The van der Waals surface area contributed by atoms with E-state index in [1.165, 1.54) is 12.1 Å². The Hall–Kier alpha value is -1.22. The third-order valence-electron chi connectivity index (χ3n) is 2.69. The second kappa shape index (κ2) is 4.11. The van der Waals surface area contributed by atoms with Crippen LogP contribution in [0.25, 0.3) is 5.57 Å². The predicted octanol–water partition coefficient (Wildman–Crippen LogP) is 2.68. The third kappa shape index (κ3) is 2.23. The van der Waals surface area contributed by atoms with Crippen LogP contribution in [0.3, 0.4) is 0 Å². The van der Waals surface area contributed by atoms with Crippen LogP contribution >= 0.6 is 0 Å². The molecule has 0 atom stereocenters. The normalized spacial score (nSPS) is 17.7. The highest BCUT2D eigenvalue weighted by Gasteiger charge is 2.13. The van der Waals surface area contributed by atoms with Gasteiger partial charge in [-0.1, -0.05) is 6.08 Å². The molecule has 0 unspecified atom stereocenters. The van der Waals surface area contributed by atoms with Gasteiger partial charge in [0.15, 0.2) is 0 Å². The molecule has 1 aromatic rings. The lowest BCUT2D eigenvalue weighted by Crippen LogP contribution is -2.23. The van der Waals surface area contributed by atoms with Gasteiger partial charge < -0.3 is 4.90 Å². The third-order valence-corrected chi connectivity index (χ3v) is 2.69. The van der Waals surface area contributed by atoms with Crippen LogP contribution in [0.4, 0.5) is 8.78 Å². The molecule has 0 amide bonds. The molecule has 1 aliphatic rings. The average Bonchev–Trinajstić information content (AvgIpc) is 2.23. The van der Waals surface area contributed by atoms with Crippen LogP contribution in [0.5, 0.6) is 0 Å². The van der Waals surface area contributed by atoms with Gasteiger partial charge in [0, 0.05) is 18.7 Å². The SMILES string of the molecule is CN1CC=C(c2cc(F)ccc2F)CC1. The van der Waals surface area contributed by atoms with Crippen molar-refractivity contribution in [2.24, 2.45) is 0 Å². The predicted molar refractivity (Wildman–Crippen MR) is 56.4 cm³/mol. The Morgan fingerprint density at radius 1 is 1.27 bits per heavy atom. The van der Waals surface area contributed by atoms with Crippen LogP contribution < -0.4 is 0 Å². The largest absolute Gasteiger partial charge is 0.302 e. The van der Waals surface area contributed by atoms with E-state index in [4.69, 9.17) is 0 Å². The summed E-state index contributed by atoms with van der Waals surface area (Å²) in [6.45, 7) is 1.69. The molecule has 0 aliphatic carbocycles. The molecule has 80 valence electrons. The van der Waals surface area contributed by atoms with Gasteiger partial charge in [0.1, 0.15) is 11.6 Å². The number of likely N-dealkylation sites (N-methyl/N-ethyl adjacent to an activating group) is 1. The van der Waals surface area contributed by atoms with Gasteiger partial charge in [-0.3, -0.25) is 0 Å². The standard InChI is InChI=1S/C12H13F2N/c1-15-6-4-9(5-7-15)11-8-10(13)2-3-12(11)14/h2-4,8H,5-7H2,1H3. The first-order chi connectivity index (χ1) is 7.16. The maximum Gasteiger partial charge on any atom is 0.130 e. The zero-order valence-corrected chi connectivity index (χ0v) is 8.63. The Bertz CT molecular complexity index is 399. The Kier molecular flexibility index (Phi) is 2.82. The van der Waals surface area contributed by atoms with E-state index in [0.717, 1.165) is 31.1 Å². The molecule has 0 radical (unpaired) electrons. The van der Waals surface area contributed by atoms with E-state index in [2.05, 4.69) is 4.90 Å². The second-order valence-electron chi connectivity index (χ2n) is 3.87. The van der Waals surface area contributed by atoms with Crippen molar-refractivity contribution in [1.82, 2.24) is 4.90 Å². The maximum absolute atomic E-state index is 13.4. The average molecular weight is 209 g/mol. The number of hydrogen-bond donors (Lipinski definition) is 0. The van der Waals surface area contributed by atoms with Gasteiger partial charge in [-0.25, -0.2) is 8.78 Å². The number of hydrogen-bond acceptors (Lipinski definition) is 1. The zero-order chi connectivity index (χ0) is 10.8. The lowest BCUT2D eigenvalue weighted by molar-refractivity contribution is 0.369. The van der Waals surface area contributed by atoms with E-state index in [-0.39, 0.29) is 11.6 Å². The summed E-state index contributed by atoms with van der Waals surface area (Å²) in [5.41, 5.74) is 1.31. The van der Waals surface area contributed by atoms with Crippen molar-refractivity contribution in [2.75, 3.05) is 20.1 Å². The second-order valence-corrected chi connectivity index (χ2v) is 3.87. The molecule has 0 saturated carbocycles. The van der Waals surface area contributed by atoms with Crippen LogP contribution in [-0.2, 0) is 0 Å². The molecule has 3 heteroatoms. The topological polar surface area (TPSA) is 3.24 Å². The fourth-order valence-electron chi connectivity index (χ4n) is 1.76. The van der Waals surface area contributed by atoms with Crippen molar-refractivity contribution in [3.63, 3.8) is 0 Å². The highest BCUT2D eigenvalue weighted by atomic mass is 19.1. The van der Waals surface area contributed by atoms with Crippen LogP contribution in [0.1, 0.15) is 12.0 Å². The van der Waals surface area contributed by atoms with Crippen LogP contribution in [-0.4, -0.2) is 25.0 Å². The fourth-order valence-corrected chi connectivity index (χ4v) is 1.76. The summed E-state index contributed by atoms with van der Waals surface area (Å²) >= 11 is 0. The first kappa shape index (κ1) is 10.3. The Morgan fingerprint density at radius 3 is 2.73 bits per heavy atom. The molecule has 0 bridgehead atoms. The summed E-state index contributed by atoms with van der Waals surface area (Å²) in [5, 5.41) is 0. The molecule has 0 N–H and O–H groups in total. The van der Waals surface area contributed by atoms with Gasteiger partial charge in [-0.2, -0.15) is 0 Å². The van der Waals surface area contributed by atoms with Gasteiger partial charge in [-0.15, -0.1) is 0 Å². The van der Waals surface area contributed by atoms with E-state index in [0.29, 0.717) is 5.56 Å². The quantitative estimate of drug-likeness (QED) is 0.687. The molecule has 1 heterocycles. The highest BCUT2D eigenvalue weighted by molar-refractivity contribution is 5.67. The minimum Gasteiger partial charge on any atom is -0.302 e. The molecular formula is C12H13F2N. The van der Waals surface area contributed by atoms with Gasteiger partial charge in [0.25, 0.3) is 0 Å². The summed E-state index contributed by atoms with van der Waals surface area (Å²) in [6.07, 6.45) is 2.73. The molecule has 2 rings (SSSR count). The number of rotatable bonds is 1. The highest BCUT2D eigenvalue weighted by Crippen LogP contribution is 2.24. The molecule has 1 nitrogen and oxygen atoms in total. The molecule has 0 fully saturated rings. The molecular weight excluding hydrogens is 196 g/mol. The van der Waals surface area contributed by atoms with Crippen LogP contribution in [0.2, 0.25) is 0 Å². The number of benzene rings is 1. The molecule has 0 saturated heterocycles. The first-order valence-electron chi connectivity index (χ1n) is 5.00. The minimum absolute atomic E-state index is 0.341. The molecule has 15 heavy (non-hydrogen) atoms. The summed E-state index contributed by atoms with van der Waals surface area (Å²) < 4.78 is 26.4. The lowest BCUT2D eigenvalue weighted by Gasteiger charge is -2.22. The fraction of sp³-hybridized carbons (Fsp3) is 0.333. The molecule has 0 spiro atoms. The molecule has 1 aliphatic heterocycles. The summed E-state index contributed by atoms with van der Waals surface area (Å²) in [5.74, 6) is -0.724. The van der Waals surface area contributed by atoms with E-state index < -0.39 is 0 Å². The first-order valence-corrected chi connectivity index (χ1v) is 5.00. The van der Waals surface area contributed by atoms with Crippen molar-refractivity contribution in [3.05, 3.63) is 41.5 Å². The molecule has 1 aromatic carbocycles. The van der Waals surface area contributed by atoms with E-state index in [1.54, 1.807) is 0 Å². The van der Waals surface area contributed by atoms with E-state index in [1.807, 2.05) is 13.1 Å². The van der Waals surface area contributed by atoms with Crippen molar-refractivity contribution in [2.45, 2.75) is 6.42 Å². The smallest absolute Gasteiger partial charge is 0.130 e. The Balaban J connectivity index is 2.33. The van der Waals surface area contributed by atoms with Crippen LogP contribution in [0, 0.1) is 11.6 Å². The monoisotopic (exact) mass is 209 g/mol. The minimum atomic E-state index is -0.383. The zero-order valence-electron chi connectivity index (χ0n) is 8.63. The summed E-state index contributed by atoms with van der Waals surface area (Å²) in [6, 6.07) is 3.60.